The molecule has 0 spiro atoms. The van der Waals surface area contributed by atoms with Gasteiger partial charge in [-0.05, 0) is 64.2 Å². The lowest BCUT2D eigenvalue weighted by molar-refractivity contribution is 0.355. The Morgan fingerprint density at radius 3 is 1.55 bits per heavy atom. The molecule has 0 aliphatic rings. The Kier molecular flexibility index (Phi) is 4.70. The Balaban J connectivity index is 2.34. The highest BCUT2D eigenvalue weighted by Crippen LogP contribution is 2.43. The predicted octanol–water partition coefficient (Wildman–Crippen LogP) is 4.36. The molecule has 0 saturated heterocycles. The quantitative estimate of drug-likeness (QED) is 0.472. The number of rotatable bonds is 5. The number of hydrogen-bond acceptors (Lipinski definition) is 5. The van der Waals surface area contributed by atoms with Crippen molar-refractivity contribution in [3.8, 4) is 23.0 Å². The van der Waals surface area contributed by atoms with Crippen LogP contribution in [-0.2, 0) is 6.54 Å². The minimum absolute atomic E-state index is 0.0427. The standard InChI is InChI=1S/C23H23NO5/c1-6-24-8-7-13-14-9-18(26-2)19(27-3)10-15(14)16-11-20(28-4)21(29-5)12-17(16)22(13)23(24)25/h7-12H,6H2,1-5H3. The largest absolute Gasteiger partial charge is 0.493 e. The normalized spacial score (nSPS) is 11.2. The molecule has 0 saturated carbocycles. The van der Waals surface area contributed by atoms with E-state index >= 15 is 0 Å². The van der Waals surface area contributed by atoms with E-state index in [1.165, 1.54) is 0 Å². The SMILES string of the molecule is CCn1ccc2c3cc(OC)c(OC)cc3c3cc(OC)c(OC)cc3c2c1=O. The molecular formula is C23H23NO5. The number of fused-ring (bicyclic) bond motifs is 6. The van der Waals surface area contributed by atoms with E-state index in [1.807, 2.05) is 43.5 Å². The maximum absolute atomic E-state index is 13.3. The number of hydrogen-bond donors (Lipinski definition) is 0. The van der Waals surface area contributed by atoms with Crippen molar-refractivity contribution >= 4 is 32.3 Å². The van der Waals surface area contributed by atoms with Crippen molar-refractivity contribution in [3.63, 3.8) is 0 Å². The lowest BCUT2D eigenvalue weighted by Gasteiger charge is -2.16. The number of aryl methyl sites for hydroxylation is 1. The monoisotopic (exact) mass is 393 g/mol. The second-order valence-electron chi connectivity index (χ2n) is 6.70. The van der Waals surface area contributed by atoms with Crippen molar-refractivity contribution in [3.05, 3.63) is 46.9 Å². The van der Waals surface area contributed by atoms with Crippen LogP contribution in [0.3, 0.4) is 0 Å². The highest BCUT2D eigenvalue weighted by Gasteiger charge is 2.18. The Hall–Kier alpha value is -3.41. The van der Waals surface area contributed by atoms with Crippen molar-refractivity contribution in [2.45, 2.75) is 13.5 Å². The van der Waals surface area contributed by atoms with Crippen molar-refractivity contribution in [1.29, 1.82) is 0 Å². The number of methoxy groups -OCH3 is 4. The molecule has 6 nitrogen and oxygen atoms in total. The summed E-state index contributed by atoms with van der Waals surface area (Å²) in [6.45, 7) is 2.54. The molecule has 6 heteroatoms. The molecule has 0 unspecified atom stereocenters. The number of nitrogens with zero attached hydrogens (tertiary/aromatic N) is 1. The minimum Gasteiger partial charge on any atom is -0.493 e. The summed E-state index contributed by atoms with van der Waals surface area (Å²) in [6.07, 6.45) is 1.83. The van der Waals surface area contributed by atoms with Gasteiger partial charge in [0.15, 0.2) is 23.0 Å². The molecular weight excluding hydrogens is 370 g/mol. The minimum atomic E-state index is -0.0427. The van der Waals surface area contributed by atoms with Crippen LogP contribution in [0.15, 0.2) is 41.3 Å². The Morgan fingerprint density at radius 1 is 0.690 bits per heavy atom. The highest BCUT2D eigenvalue weighted by atomic mass is 16.5. The molecule has 0 aliphatic heterocycles. The van der Waals surface area contributed by atoms with E-state index in [-0.39, 0.29) is 5.56 Å². The topological polar surface area (TPSA) is 58.9 Å². The molecule has 3 aromatic carbocycles. The lowest BCUT2D eigenvalue weighted by Crippen LogP contribution is -2.18. The van der Waals surface area contributed by atoms with Crippen molar-refractivity contribution in [1.82, 2.24) is 4.57 Å². The van der Waals surface area contributed by atoms with Gasteiger partial charge in [0.05, 0.1) is 33.8 Å². The molecule has 0 N–H and O–H groups in total. The van der Waals surface area contributed by atoms with Gasteiger partial charge in [0.25, 0.3) is 5.56 Å². The molecule has 0 amide bonds. The molecule has 0 aliphatic carbocycles. The van der Waals surface area contributed by atoms with Crippen LogP contribution in [0, 0.1) is 0 Å². The van der Waals surface area contributed by atoms with Crippen LogP contribution in [-0.4, -0.2) is 33.0 Å². The van der Waals surface area contributed by atoms with Crippen LogP contribution >= 0.6 is 0 Å². The van der Waals surface area contributed by atoms with Crippen LogP contribution in [0.1, 0.15) is 6.92 Å². The van der Waals surface area contributed by atoms with Crippen LogP contribution < -0.4 is 24.5 Å². The van der Waals surface area contributed by atoms with Gasteiger partial charge in [0.1, 0.15) is 0 Å². The van der Waals surface area contributed by atoms with E-state index in [9.17, 15) is 4.79 Å². The molecule has 150 valence electrons. The maximum Gasteiger partial charge on any atom is 0.259 e. The van der Waals surface area contributed by atoms with E-state index in [2.05, 4.69) is 0 Å². The summed E-state index contributed by atoms with van der Waals surface area (Å²) in [5, 5.41) is 5.06. The average Bonchev–Trinajstić information content (AvgIpc) is 2.77. The first-order chi connectivity index (χ1) is 14.1. The zero-order chi connectivity index (χ0) is 20.7. The van der Waals surface area contributed by atoms with Gasteiger partial charge in [0, 0.05) is 12.7 Å². The zero-order valence-electron chi connectivity index (χ0n) is 17.2. The van der Waals surface area contributed by atoms with Crippen LogP contribution in [0.2, 0.25) is 0 Å². The van der Waals surface area contributed by atoms with Gasteiger partial charge in [0.2, 0.25) is 0 Å². The Labute approximate surface area is 168 Å². The summed E-state index contributed by atoms with van der Waals surface area (Å²) >= 11 is 0. The summed E-state index contributed by atoms with van der Waals surface area (Å²) in [5.74, 6) is 2.41. The molecule has 4 aromatic rings. The van der Waals surface area contributed by atoms with Crippen LogP contribution in [0.25, 0.3) is 32.3 Å². The number of benzene rings is 3. The van der Waals surface area contributed by atoms with Crippen LogP contribution in [0.5, 0.6) is 23.0 Å². The molecule has 0 bridgehead atoms. The Bertz CT molecular complexity index is 1310. The van der Waals surface area contributed by atoms with E-state index < -0.39 is 0 Å². The van der Waals surface area contributed by atoms with Gasteiger partial charge in [-0.15, -0.1) is 0 Å². The number of ether oxygens (including phenoxy) is 4. The summed E-state index contributed by atoms with van der Waals surface area (Å²) in [6, 6.07) is 9.61. The highest BCUT2D eigenvalue weighted by molar-refractivity contribution is 6.26. The predicted molar refractivity (Wildman–Crippen MR) is 115 cm³/mol. The van der Waals surface area contributed by atoms with E-state index in [1.54, 1.807) is 33.0 Å². The second-order valence-corrected chi connectivity index (χ2v) is 6.70. The number of pyridine rings is 1. The molecule has 4 rings (SSSR count). The smallest absolute Gasteiger partial charge is 0.259 e. The first-order valence-corrected chi connectivity index (χ1v) is 9.34. The van der Waals surface area contributed by atoms with Crippen LogP contribution in [0.4, 0.5) is 0 Å². The third-order valence-electron chi connectivity index (χ3n) is 5.40. The third-order valence-corrected chi connectivity index (χ3v) is 5.40. The summed E-state index contributed by atoms with van der Waals surface area (Å²) in [5.41, 5.74) is -0.0427. The summed E-state index contributed by atoms with van der Waals surface area (Å²) in [7, 11) is 6.40. The molecule has 1 aromatic heterocycles. The number of aromatic nitrogens is 1. The lowest BCUT2D eigenvalue weighted by atomic mass is 9.94. The zero-order valence-corrected chi connectivity index (χ0v) is 17.2. The van der Waals surface area contributed by atoms with Crippen molar-refractivity contribution < 1.29 is 18.9 Å². The summed E-state index contributed by atoms with van der Waals surface area (Å²) in [4.78, 5) is 13.3. The van der Waals surface area contributed by atoms with E-state index in [0.717, 1.165) is 26.9 Å². The first kappa shape index (κ1) is 18.9. The first-order valence-electron chi connectivity index (χ1n) is 9.34. The third kappa shape index (κ3) is 2.75. The molecule has 0 atom stereocenters. The van der Waals surface area contributed by atoms with Gasteiger partial charge >= 0.3 is 0 Å². The van der Waals surface area contributed by atoms with Gasteiger partial charge in [-0.25, -0.2) is 0 Å². The van der Waals surface area contributed by atoms with E-state index in [0.29, 0.717) is 34.9 Å². The summed E-state index contributed by atoms with van der Waals surface area (Å²) < 4.78 is 23.8. The fourth-order valence-corrected chi connectivity index (χ4v) is 3.94. The van der Waals surface area contributed by atoms with Gasteiger partial charge in [-0.3, -0.25) is 4.79 Å². The average molecular weight is 393 g/mol. The van der Waals surface area contributed by atoms with Gasteiger partial charge in [-0.1, -0.05) is 0 Å². The second kappa shape index (κ2) is 7.20. The van der Waals surface area contributed by atoms with Gasteiger partial charge < -0.3 is 23.5 Å². The fourth-order valence-electron chi connectivity index (χ4n) is 3.94. The van der Waals surface area contributed by atoms with E-state index in [4.69, 9.17) is 18.9 Å². The maximum atomic E-state index is 13.3. The molecule has 0 radical (unpaired) electrons. The molecule has 29 heavy (non-hydrogen) atoms. The van der Waals surface area contributed by atoms with Crippen molar-refractivity contribution in [2.75, 3.05) is 28.4 Å². The van der Waals surface area contributed by atoms with Gasteiger partial charge in [-0.2, -0.15) is 0 Å². The fraction of sp³-hybridized carbons (Fsp3) is 0.261. The van der Waals surface area contributed by atoms with Crippen molar-refractivity contribution in [2.24, 2.45) is 0 Å². The molecule has 0 fully saturated rings. The molecule has 1 heterocycles. The Morgan fingerprint density at radius 2 is 1.10 bits per heavy atom.